The number of hydrogen-bond donors (Lipinski definition) is 0. The monoisotopic (exact) mass is 162 g/mol. The van der Waals surface area contributed by atoms with Gasteiger partial charge in [0.1, 0.15) is 0 Å². The summed E-state index contributed by atoms with van der Waals surface area (Å²) in [6.45, 7) is 0. The van der Waals surface area contributed by atoms with Crippen LogP contribution in [0.25, 0.3) is 0 Å². The van der Waals surface area contributed by atoms with Gasteiger partial charge in [0, 0.05) is 0 Å². The van der Waals surface area contributed by atoms with Crippen molar-refractivity contribution in [2.45, 2.75) is 0 Å². The molecule has 0 fully saturated rings. The highest BCUT2D eigenvalue weighted by Gasteiger charge is 1.87. The topological polar surface area (TPSA) is 0 Å². The second-order valence-corrected chi connectivity index (χ2v) is 5.89. The van der Waals surface area contributed by atoms with Crippen molar-refractivity contribution in [3.63, 3.8) is 0 Å². The summed E-state index contributed by atoms with van der Waals surface area (Å²) < 4.78 is 10.8. The summed E-state index contributed by atoms with van der Waals surface area (Å²) in [5, 5.41) is 0. The maximum atomic E-state index is 10.8. The highest BCUT2D eigenvalue weighted by Crippen LogP contribution is 1.96. The first-order chi connectivity index (χ1) is 1.73. The van der Waals surface area contributed by atoms with Gasteiger partial charge in [0.2, 0.25) is 0 Å². The molecule has 1 unspecified atom stereocenters. The quantitative estimate of drug-likeness (QED) is 0.373. The minimum absolute atomic E-state index is 2.35. The lowest BCUT2D eigenvalue weighted by Crippen LogP contribution is -1.68. The molecule has 0 aromatic heterocycles. The molecule has 0 aliphatic rings. The lowest BCUT2D eigenvalue weighted by Gasteiger charge is -1.64. The minimum atomic E-state index is -2.35. The van der Waals surface area contributed by atoms with E-state index in [-0.39, 0.29) is 0 Å². The largest absolute Gasteiger partial charge is 0.393 e. The zero-order valence-electron chi connectivity index (χ0n) is 1.71. The van der Waals surface area contributed by atoms with Gasteiger partial charge in [-0.05, 0) is 0 Å². The third-order valence-electron chi connectivity index (χ3n) is 0. The van der Waals surface area contributed by atoms with E-state index in [0.717, 1.165) is 0 Å². The van der Waals surface area contributed by atoms with E-state index in [0.29, 0.717) is 0 Å². The Labute approximate surface area is 38.0 Å². The average Bonchev–Trinajstić information content (AvgIpc) is 0.811. The maximum Gasteiger partial charge on any atom is 0.393 e. The van der Waals surface area contributed by atoms with Gasteiger partial charge >= 0.3 is 7.06 Å². The van der Waals surface area contributed by atoms with Crippen LogP contribution in [0.5, 0.6) is 0 Å². The van der Waals surface area contributed by atoms with Gasteiger partial charge in [0.15, 0.2) is 0 Å². The first kappa shape index (κ1) is 4.92. The van der Waals surface area contributed by atoms with Crippen LogP contribution in [0.15, 0.2) is 0 Å². The molecule has 0 aromatic carbocycles. The summed E-state index contributed by atoms with van der Waals surface area (Å²) in [6, 6.07) is 0. The molecule has 26 valence electrons. The molecule has 0 saturated heterocycles. The van der Waals surface area contributed by atoms with Crippen LogP contribution in [0.2, 0.25) is 0 Å². The maximum absolute atomic E-state index is 10.8. The van der Waals surface area contributed by atoms with E-state index in [1.807, 2.05) is 0 Å². The molecule has 0 amide bonds. The molecule has 0 spiro atoms. The van der Waals surface area contributed by atoms with Crippen molar-refractivity contribution in [1.29, 1.82) is 0 Å². The van der Waals surface area contributed by atoms with Crippen molar-refractivity contribution in [1.82, 2.24) is 0 Å². The van der Waals surface area contributed by atoms with E-state index in [2.05, 4.69) is 26.4 Å². The molecule has 0 aliphatic heterocycles. The summed E-state index contributed by atoms with van der Waals surface area (Å²) >= 11 is 7.17. The molecular formula is HBrClFSi. The Morgan fingerprint density at radius 1 is 2.00 bits per heavy atom. The Balaban J connectivity index is 2.32. The Morgan fingerprint density at radius 3 is 2.00 bits per heavy atom. The molecule has 0 aromatic rings. The fraction of sp³-hybridized carbons (Fsp3) is 0. The Kier molecular flexibility index (Phi) is 2.67. The lowest BCUT2D eigenvalue weighted by atomic mass is 18.9. The number of rotatable bonds is 0. The molecule has 0 nitrogen and oxygen atoms in total. The van der Waals surface area contributed by atoms with Crippen molar-refractivity contribution in [3.05, 3.63) is 0 Å². The molecule has 0 saturated carbocycles. The molecule has 1 atom stereocenters. The standard InChI is InChI=1S/BrClFHSi/c1-4(2)3/h4H. The Hall–Kier alpha value is 0.917. The summed E-state index contributed by atoms with van der Waals surface area (Å²) in [7, 11) is -2.35. The lowest BCUT2D eigenvalue weighted by molar-refractivity contribution is 0.888. The van der Waals surface area contributed by atoms with Gasteiger partial charge in [0.25, 0.3) is 0 Å². The van der Waals surface area contributed by atoms with Gasteiger partial charge < -0.3 is 0 Å². The predicted molar refractivity (Wildman–Crippen MR) is 23.0 cm³/mol. The molecule has 4 heteroatoms. The van der Waals surface area contributed by atoms with E-state index in [9.17, 15) is 4.11 Å². The Bertz CT molecular complexity index is 12.8. The van der Waals surface area contributed by atoms with E-state index < -0.39 is 7.06 Å². The fourth-order valence-electron chi connectivity index (χ4n) is 0. The number of hydrogen-bond acceptors (Lipinski definition) is 0. The molecule has 4 heavy (non-hydrogen) atoms. The average molecular weight is 163 g/mol. The molecule has 0 bridgehead atoms. The van der Waals surface area contributed by atoms with Crippen LogP contribution in [0.3, 0.4) is 0 Å². The van der Waals surface area contributed by atoms with Gasteiger partial charge in [-0.2, -0.15) is 0 Å². The summed E-state index contributed by atoms with van der Waals surface area (Å²) in [5.41, 5.74) is 0. The Morgan fingerprint density at radius 2 is 2.00 bits per heavy atom. The smallest absolute Gasteiger partial charge is 0.283 e. The molecule has 0 rings (SSSR count). The van der Waals surface area contributed by atoms with Crippen LogP contribution in [0, 0.1) is 0 Å². The van der Waals surface area contributed by atoms with Gasteiger partial charge in [-0.25, -0.2) is 0 Å². The third kappa shape index (κ3) is 12.7. The van der Waals surface area contributed by atoms with E-state index >= 15 is 0 Å². The van der Waals surface area contributed by atoms with Gasteiger partial charge in [0.05, 0.1) is 0 Å². The highest BCUT2D eigenvalue weighted by atomic mass is 79.9. The molecular weight excluding hydrogens is 162 g/mol. The van der Waals surface area contributed by atoms with E-state index in [1.165, 1.54) is 0 Å². The van der Waals surface area contributed by atoms with Gasteiger partial charge in [-0.15, -0.1) is 11.1 Å². The SMILES string of the molecule is F[SiH](Cl)Br. The number of halogens is 3. The first-order valence-corrected chi connectivity index (χ1v) is 6.02. The van der Waals surface area contributed by atoms with Crippen molar-refractivity contribution < 1.29 is 4.11 Å². The van der Waals surface area contributed by atoms with E-state index in [1.54, 1.807) is 0 Å². The van der Waals surface area contributed by atoms with Crippen LogP contribution >= 0.6 is 26.4 Å². The van der Waals surface area contributed by atoms with Crippen LogP contribution in [-0.4, -0.2) is 7.06 Å². The second kappa shape index (κ2) is 2.17. The third-order valence-corrected chi connectivity index (χ3v) is 0. The summed E-state index contributed by atoms with van der Waals surface area (Å²) in [4.78, 5) is 0. The highest BCUT2D eigenvalue weighted by molar-refractivity contribution is 9.25. The summed E-state index contributed by atoms with van der Waals surface area (Å²) in [5.74, 6) is 0. The van der Waals surface area contributed by atoms with Crippen molar-refractivity contribution >= 4 is 33.4 Å². The zero-order chi connectivity index (χ0) is 3.58. The molecule has 0 radical (unpaired) electrons. The minimum Gasteiger partial charge on any atom is -0.283 e. The molecule has 0 aliphatic carbocycles. The second-order valence-electron chi connectivity index (χ2n) is 0.247. The van der Waals surface area contributed by atoms with Crippen molar-refractivity contribution in [2.24, 2.45) is 0 Å². The zero-order valence-corrected chi connectivity index (χ0v) is 5.21. The molecule has 0 heterocycles. The van der Waals surface area contributed by atoms with Crippen LogP contribution in [0.1, 0.15) is 0 Å². The summed E-state index contributed by atoms with van der Waals surface area (Å²) in [6.07, 6.45) is 0. The van der Waals surface area contributed by atoms with Gasteiger partial charge in [-0.3, -0.25) is 4.11 Å². The van der Waals surface area contributed by atoms with Crippen molar-refractivity contribution in [2.75, 3.05) is 0 Å². The predicted octanol–water partition coefficient (Wildman–Crippen LogP) is 1.31. The first-order valence-electron chi connectivity index (χ1n) is 0.655. The fourth-order valence-corrected chi connectivity index (χ4v) is 0. The molecule has 0 N–H and O–H groups in total. The van der Waals surface area contributed by atoms with Crippen molar-refractivity contribution in [3.8, 4) is 0 Å². The van der Waals surface area contributed by atoms with Gasteiger partial charge in [-0.1, -0.05) is 15.3 Å². The van der Waals surface area contributed by atoms with Crippen LogP contribution in [-0.2, 0) is 0 Å². The van der Waals surface area contributed by atoms with Crippen LogP contribution < -0.4 is 0 Å². The van der Waals surface area contributed by atoms with Crippen LogP contribution in [0.4, 0.5) is 4.11 Å². The normalized spacial score (nSPS) is 15.8. The van der Waals surface area contributed by atoms with E-state index in [4.69, 9.17) is 0 Å².